The number of nitrogens with zero attached hydrogens (tertiary/aromatic N) is 3. The smallest absolute Gasteiger partial charge is 0.304 e. The zero-order chi connectivity index (χ0) is 49.8. The van der Waals surface area contributed by atoms with E-state index in [4.69, 9.17) is 25.0 Å². The first-order valence-electron chi connectivity index (χ1n) is 24.5. The van der Waals surface area contributed by atoms with Crippen LogP contribution in [0.3, 0.4) is 0 Å². The van der Waals surface area contributed by atoms with E-state index in [-0.39, 0.29) is 76.2 Å². The second-order valence-electron chi connectivity index (χ2n) is 13.9. The predicted molar refractivity (Wildman–Crippen MR) is 224 cm³/mol. The Balaban J connectivity index is 0.000000388. The molecule has 0 unspecified atom stereocenters. The molecule has 0 N–H and O–H groups in total. The maximum absolute atomic E-state index is 8.51. The molecule has 0 atom stereocenters. The van der Waals surface area contributed by atoms with Gasteiger partial charge in [0.25, 0.3) is 0 Å². The number of rotatable bonds is 6. The number of aryl methyl sites for hydroxylation is 5. The van der Waals surface area contributed by atoms with Gasteiger partial charge in [-0.05, 0) is 37.1 Å². The van der Waals surface area contributed by atoms with Crippen LogP contribution >= 0.6 is 0 Å². The molecule has 0 aliphatic carbocycles. The van der Waals surface area contributed by atoms with Gasteiger partial charge in [-0.3, -0.25) is 0 Å². The Morgan fingerprint density at radius 2 is 1.50 bits per heavy atom. The molecule has 0 saturated heterocycles. The fourth-order valence-corrected chi connectivity index (χ4v) is 9.28. The van der Waals surface area contributed by atoms with Gasteiger partial charge in [0, 0.05) is 49.7 Å². The normalized spacial score (nSPS) is 16.5. The maximum atomic E-state index is 8.51. The van der Waals surface area contributed by atoms with Gasteiger partial charge in [-0.1, -0.05) is 23.1 Å². The first-order chi connectivity index (χ1) is 31.5. The third-order valence-corrected chi connectivity index (χ3v) is 11.7. The average molecular weight is 960 g/mol. The molecule has 0 bridgehead atoms. The molecule has 1 radical (unpaired) electrons. The van der Waals surface area contributed by atoms with E-state index in [0.717, 1.165) is 22.1 Å². The van der Waals surface area contributed by atoms with Crippen LogP contribution in [0.15, 0.2) is 120 Å². The van der Waals surface area contributed by atoms with Gasteiger partial charge in [0.05, 0.1) is 5.58 Å². The summed E-state index contributed by atoms with van der Waals surface area (Å²) < 4.78 is 126. The van der Waals surface area contributed by atoms with E-state index >= 15 is 0 Å². The molecule has 0 aliphatic rings. The van der Waals surface area contributed by atoms with Gasteiger partial charge in [-0.15, -0.1) is 54.1 Å². The second-order valence-corrected chi connectivity index (χ2v) is 25.4. The fourth-order valence-electron chi connectivity index (χ4n) is 6.25. The topological polar surface area (TPSA) is 51.8 Å². The molecule has 4 heterocycles. The van der Waals surface area contributed by atoms with Crippen molar-refractivity contribution in [2.45, 2.75) is 56.8 Å². The Morgan fingerprint density at radius 1 is 0.667 bits per heavy atom. The molecule has 4 nitrogen and oxygen atoms in total. The molecule has 0 aliphatic heterocycles. The summed E-state index contributed by atoms with van der Waals surface area (Å²) in [7, 11) is 0. The molecule has 0 saturated carbocycles. The van der Waals surface area contributed by atoms with Crippen molar-refractivity contribution in [1.29, 1.82) is 0 Å². The second kappa shape index (κ2) is 16.4. The van der Waals surface area contributed by atoms with Crippen molar-refractivity contribution in [2.24, 2.45) is 0 Å². The summed E-state index contributed by atoms with van der Waals surface area (Å²) in [5.41, 5.74) is 4.30. The van der Waals surface area contributed by atoms with Crippen LogP contribution in [-0.2, 0) is 25.4 Å². The summed E-state index contributed by atoms with van der Waals surface area (Å²) in [6.45, 7) is -12.4. The van der Waals surface area contributed by atoms with Gasteiger partial charge in [-0.2, -0.15) is 0 Å². The third-order valence-electron chi connectivity index (χ3n) is 8.65. The van der Waals surface area contributed by atoms with Gasteiger partial charge in [-0.25, -0.2) is 4.98 Å². The van der Waals surface area contributed by atoms with Crippen molar-refractivity contribution in [3.63, 3.8) is 0 Å². The third kappa shape index (κ3) is 8.65. The number of fused-ring (bicyclic) bond motifs is 3. The monoisotopic (exact) mass is 961 g/mol. The molecule has 6 heteroatoms. The van der Waals surface area contributed by atoms with Crippen LogP contribution in [-0.4, -0.2) is 28.2 Å². The van der Waals surface area contributed by atoms with Crippen molar-refractivity contribution in [3.05, 3.63) is 161 Å². The van der Waals surface area contributed by atoms with Gasteiger partial charge in [0.15, 0.2) is 0 Å². The summed E-state index contributed by atoms with van der Waals surface area (Å²) in [6, 6.07) is 34.6. The van der Waals surface area contributed by atoms with Crippen LogP contribution in [0, 0.1) is 46.4 Å². The summed E-state index contributed by atoms with van der Waals surface area (Å²) in [5, 5.41) is 1.98. The summed E-state index contributed by atoms with van der Waals surface area (Å²) >= 11 is -2.10. The van der Waals surface area contributed by atoms with Crippen molar-refractivity contribution >= 4 is 35.3 Å². The Hall–Kier alpha value is -4.68. The number of hydrogen-bond acceptors (Lipinski definition) is 4. The standard InChI is InChI=1S/C36H35GeN2O.C12H10N.Ir/c1-22-17-26(20-37(5,6)7)12-15-28(22)27-13-16-29(23(2)18-27)33-19-34(38-21-24(33)3)32-10-8-9-30-31-14-11-25(4)39-36(31)40-35(30)32;1-10-7-8-12(13-9-10)11-5-3-2-4-6-11;/h8-9,11-19,21H,20H2,1-7H3;2-5,7-9H,1H3;/q2*-1;/i1D3,2D3,3D3,4D3;1D3;. The number of hydrogen-bond donors (Lipinski definition) is 0. The average Bonchev–Trinajstić information content (AvgIpc) is 3.63. The van der Waals surface area contributed by atoms with Crippen molar-refractivity contribution in [3.8, 4) is 44.8 Å². The SMILES string of the molecule is [2H]C([2H])([2H])c1ccc(-c2[c-]cccc2)nc1.[2H]C([2H])([2H])c1ccc2c(n1)oc1c(-c3cc(-c4ccc(-c5ccc([CH2][Ge]([CH3])([CH3])[CH3])cc5C([2H])([2H])[2H])cc4C([2H])([2H])[2H])c(C([2H])([2H])[2H])cn3)[c-]ccc12.[Ir]. The number of aromatic nitrogens is 3. The molecule has 0 amide bonds. The summed E-state index contributed by atoms with van der Waals surface area (Å²) in [6.07, 6.45) is 2.57. The molecule has 0 spiro atoms. The van der Waals surface area contributed by atoms with Crippen LogP contribution < -0.4 is 0 Å². The van der Waals surface area contributed by atoms with E-state index in [9.17, 15) is 0 Å². The van der Waals surface area contributed by atoms with Crippen LogP contribution in [0.1, 0.15) is 54.1 Å². The zero-order valence-electron chi connectivity index (χ0n) is 44.8. The van der Waals surface area contributed by atoms with E-state index in [1.165, 1.54) is 36.7 Å². The number of furan rings is 1. The van der Waals surface area contributed by atoms with E-state index in [1.54, 1.807) is 54.6 Å². The Kier molecular flexibility index (Phi) is 7.26. The molecule has 54 heavy (non-hydrogen) atoms. The Bertz CT molecular complexity index is 3120. The molecule has 273 valence electrons. The minimum Gasteiger partial charge on any atom is -0.304 e. The quantitative estimate of drug-likeness (QED) is 0.123. The van der Waals surface area contributed by atoms with Crippen LogP contribution in [0.4, 0.5) is 0 Å². The van der Waals surface area contributed by atoms with Crippen molar-refractivity contribution in [1.82, 2.24) is 15.0 Å². The van der Waals surface area contributed by atoms with Crippen molar-refractivity contribution in [2.75, 3.05) is 0 Å². The Labute approximate surface area is 356 Å². The number of benzene rings is 4. The van der Waals surface area contributed by atoms with Gasteiger partial charge < -0.3 is 14.4 Å². The number of pyridine rings is 3. The molecule has 0 fully saturated rings. The molecular weight excluding hydrogens is 899 g/mol. The van der Waals surface area contributed by atoms with Gasteiger partial charge >= 0.3 is 163 Å². The molecule has 8 aromatic rings. The molecule has 4 aromatic carbocycles. The van der Waals surface area contributed by atoms with Crippen LogP contribution in [0.25, 0.3) is 66.8 Å². The van der Waals surface area contributed by atoms with Crippen LogP contribution in [0.2, 0.25) is 17.3 Å². The Morgan fingerprint density at radius 3 is 2.24 bits per heavy atom. The zero-order valence-corrected chi connectivity index (χ0v) is 34.3. The first kappa shape index (κ1) is 24.0. The fraction of sp³-hybridized carbons (Fsp3) is 0.188. The molecular formula is C48H45GeIrN3O-2. The summed E-state index contributed by atoms with van der Waals surface area (Å²) in [4.78, 5) is 12.8. The minimum absolute atomic E-state index is 0. The van der Waals surface area contributed by atoms with E-state index < -0.39 is 47.5 Å². The molecule has 8 rings (SSSR count). The van der Waals surface area contributed by atoms with E-state index in [0.29, 0.717) is 27.5 Å². The minimum atomic E-state index is -2.72. The van der Waals surface area contributed by atoms with E-state index in [1.807, 2.05) is 24.3 Å². The van der Waals surface area contributed by atoms with Crippen LogP contribution in [0.5, 0.6) is 0 Å². The summed E-state index contributed by atoms with van der Waals surface area (Å²) in [5.74, 6) is 6.73. The first-order valence-corrected chi connectivity index (χ1v) is 24.7. The van der Waals surface area contributed by atoms with Gasteiger partial charge in [0.2, 0.25) is 5.71 Å². The van der Waals surface area contributed by atoms with Gasteiger partial charge in [0.1, 0.15) is 0 Å². The van der Waals surface area contributed by atoms with E-state index in [2.05, 4.69) is 44.4 Å². The predicted octanol–water partition coefficient (Wildman–Crippen LogP) is 12.7. The van der Waals surface area contributed by atoms with Crippen molar-refractivity contribution < 1.29 is 45.1 Å². The molecule has 4 aromatic heterocycles.